The fourth-order valence-electron chi connectivity index (χ4n) is 4.19. The van der Waals surface area contributed by atoms with Crippen molar-refractivity contribution >= 4 is 29.1 Å². The molecular formula is C26H24FNO6S. The normalized spacial score (nSPS) is 14.7. The lowest BCUT2D eigenvalue weighted by atomic mass is 9.94. The Kier molecular flexibility index (Phi) is 7.28. The van der Waals surface area contributed by atoms with E-state index >= 15 is 0 Å². The summed E-state index contributed by atoms with van der Waals surface area (Å²) in [4.78, 5) is 38.8. The average molecular weight is 498 g/mol. The molecule has 2 aromatic carbocycles. The van der Waals surface area contributed by atoms with Crippen LogP contribution in [0.3, 0.4) is 0 Å². The van der Waals surface area contributed by atoms with Gasteiger partial charge in [0.05, 0.1) is 30.3 Å². The molecule has 2 heterocycles. The second kappa shape index (κ2) is 10.4. The summed E-state index contributed by atoms with van der Waals surface area (Å²) in [6.45, 7) is -0.0907. The SMILES string of the molecule is COc1ccc(-c2csc(CC[C@@H](O)[C@@H](CCN3C(=O)c4ccccc4C3=O)C(=O)O)c2)cc1F. The molecule has 182 valence electrons. The van der Waals surface area contributed by atoms with E-state index in [9.17, 15) is 29.0 Å². The number of aliphatic hydroxyl groups excluding tert-OH is 1. The summed E-state index contributed by atoms with van der Waals surface area (Å²) in [5.41, 5.74) is 2.11. The van der Waals surface area contributed by atoms with E-state index in [1.54, 1.807) is 36.4 Å². The molecule has 2 amide bonds. The smallest absolute Gasteiger partial charge is 0.309 e. The number of aliphatic hydroxyl groups is 1. The first-order chi connectivity index (χ1) is 16.8. The zero-order valence-corrected chi connectivity index (χ0v) is 19.8. The van der Waals surface area contributed by atoms with Crippen LogP contribution >= 0.6 is 11.3 Å². The van der Waals surface area contributed by atoms with Gasteiger partial charge in [-0.2, -0.15) is 0 Å². The number of hydrogen-bond donors (Lipinski definition) is 2. The van der Waals surface area contributed by atoms with Crippen molar-refractivity contribution in [2.24, 2.45) is 5.92 Å². The second-order valence-corrected chi connectivity index (χ2v) is 9.29. The average Bonchev–Trinajstić information content (AvgIpc) is 3.41. The number of hydrogen-bond acceptors (Lipinski definition) is 6. The summed E-state index contributed by atoms with van der Waals surface area (Å²) in [6.07, 6.45) is -0.591. The summed E-state index contributed by atoms with van der Waals surface area (Å²) >= 11 is 1.44. The van der Waals surface area contributed by atoms with Crippen molar-refractivity contribution in [2.75, 3.05) is 13.7 Å². The number of aryl methyl sites for hydroxylation is 1. The highest BCUT2D eigenvalue weighted by atomic mass is 32.1. The van der Waals surface area contributed by atoms with Crippen LogP contribution in [0.15, 0.2) is 53.9 Å². The highest BCUT2D eigenvalue weighted by Gasteiger charge is 2.36. The van der Waals surface area contributed by atoms with Gasteiger partial charge in [0.2, 0.25) is 0 Å². The molecule has 0 spiro atoms. The van der Waals surface area contributed by atoms with Crippen molar-refractivity contribution in [3.8, 4) is 16.9 Å². The molecule has 2 N–H and O–H groups in total. The number of carbonyl (C=O) groups excluding carboxylic acids is 2. The topological polar surface area (TPSA) is 104 Å². The number of fused-ring (bicyclic) bond motifs is 1. The Labute approximate surface area is 205 Å². The van der Waals surface area contributed by atoms with E-state index in [-0.39, 0.29) is 25.1 Å². The third-order valence-corrected chi connectivity index (χ3v) is 7.15. The molecule has 1 aliphatic rings. The summed E-state index contributed by atoms with van der Waals surface area (Å²) in [6, 6.07) is 13.0. The number of nitrogens with zero attached hydrogens (tertiary/aromatic N) is 1. The van der Waals surface area contributed by atoms with Gasteiger partial charge >= 0.3 is 5.97 Å². The quantitative estimate of drug-likeness (QED) is 0.406. The standard InChI is InChI=1S/C26H24FNO6S/c1-34-23-9-6-15(13-21(23)27)16-12-17(35-14-16)7-8-22(29)20(26(32)33)10-11-28-24(30)18-4-2-3-5-19(18)25(28)31/h2-6,9,12-14,20,22,29H,7-8,10-11H2,1H3,(H,32,33)/t20-,22-/m1/s1. The molecule has 35 heavy (non-hydrogen) atoms. The summed E-state index contributed by atoms with van der Waals surface area (Å²) in [5.74, 6) is -3.52. The van der Waals surface area contributed by atoms with Crippen LogP contribution in [0, 0.1) is 11.7 Å². The van der Waals surface area contributed by atoms with Gasteiger partial charge in [-0.1, -0.05) is 18.2 Å². The number of carbonyl (C=O) groups is 3. The third kappa shape index (κ3) is 5.11. The summed E-state index contributed by atoms with van der Waals surface area (Å²) in [5, 5.41) is 22.1. The molecule has 2 atom stereocenters. The lowest BCUT2D eigenvalue weighted by Gasteiger charge is -2.21. The van der Waals surface area contributed by atoms with Gasteiger partial charge in [0.1, 0.15) is 0 Å². The second-order valence-electron chi connectivity index (χ2n) is 8.30. The van der Waals surface area contributed by atoms with E-state index in [1.807, 2.05) is 11.4 Å². The van der Waals surface area contributed by atoms with Crippen molar-refractivity contribution in [1.29, 1.82) is 0 Å². The lowest BCUT2D eigenvalue weighted by molar-refractivity contribution is -0.146. The van der Waals surface area contributed by atoms with E-state index in [0.717, 1.165) is 15.3 Å². The molecule has 1 aromatic heterocycles. The predicted octanol–water partition coefficient (Wildman–Crippen LogP) is 4.24. The first kappa shape index (κ1) is 24.6. The minimum Gasteiger partial charge on any atom is -0.494 e. The van der Waals surface area contributed by atoms with E-state index in [1.165, 1.54) is 24.5 Å². The van der Waals surface area contributed by atoms with Crippen molar-refractivity contribution in [3.63, 3.8) is 0 Å². The van der Waals surface area contributed by atoms with Crippen LogP contribution in [0.5, 0.6) is 5.75 Å². The van der Waals surface area contributed by atoms with E-state index in [4.69, 9.17) is 4.74 Å². The van der Waals surface area contributed by atoms with Crippen molar-refractivity contribution in [3.05, 3.63) is 75.7 Å². The van der Waals surface area contributed by atoms with Gasteiger partial charge in [-0.15, -0.1) is 11.3 Å². The highest BCUT2D eigenvalue weighted by molar-refractivity contribution is 7.10. The van der Waals surface area contributed by atoms with Gasteiger partial charge in [-0.3, -0.25) is 19.3 Å². The molecule has 0 aliphatic carbocycles. The number of carboxylic acids is 1. The Morgan fingerprint density at radius 1 is 1.06 bits per heavy atom. The van der Waals surface area contributed by atoms with Crippen LogP contribution in [-0.2, 0) is 11.2 Å². The molecule has 0 bridgehead atoms. The maximum Gasteiger partial charge on any atom is 0.309 e. The Morgan fingerprint density at radius 2 is 1.74 bits per heavy atom. The third-order valence-electron chi connectivity index (χ3n) is 6.15. The van der Waals surface area contributed by atoms with Crippen molar-refractivity contribution < 1.29 is 33.7 Å². The van der Waals surface area contributed by atoms with Crippen LogP contribution < -0.4 is 4.74 Å². The molecule has 7 nitrogen and oxygen atoms in total. The number of imide groups is 1. The van der Waals surface area contributed by atoms with Crippen LogP contribution in [-0.4, -0.2) is 52.7 Å². The molecule has 1 aliphatic heterocycles. The Morgan fingerprint density at radius 3 is 2.34 bits per heavy atom. The Hall–Kier alpha value is -3.56. The van der Waals surface area contributed by atoms with Gasteiger partial charge < -0.3 is 14.9 Å². The first-order valence-electron chi connectivity index (χ1n) is 11.1. The van der Waals surface area contributed by atoms with Crippen LogP contribution in [0.25, 0.3) is 11.1 Å². The van der Waals surface area contributed by atoms with Crippen molar-refractivity contribution in [2.45, 2.75) is 25.4 Å². The molecule has 0 saturated heterocycles. The van der Waals surface area contributed by atoms with Gasteiger partial charge in [0, 0.05) is 11.4 Å². The zero-order valence-electron chi connectivity index (χ0n) is 18.9. The van der Waals surface area contributed by atoms with Crippen molar-refractivity contribution in [1.82, 2.24) is 4.90 Å². The molecular weight excluding hydrogens is 473 g/mol. The summed E-state index contributed by atoms with van der Waals surface area (Å²) < 4.78 is 19.0. The largest absolute Gasteiger partial charge is 0.494 e. The molecule has 9 heteroatoms. The maximum absolute atomic E-state index is 14.0. The monoisotopic (exact) mass is 497 g/mol. The fraction of sp³-hybridized carbons (Fsp3) is 0.269. The molecule has 0 radical (unpaired) electrons. The Bertz CT molecular complexity index is 1240. The number of aliphatic carboxylic acids is 1. The van der Waals surface area contributed by atoms with Gasteiger partial charge in [-0.25, -0.2) is 4.39 Å². The zero-order chi connectivity index (χ0) is 25.1. The molecule has 4 rings (SSSR count). The number of benzene rings is 2. The van der Waals surface area contributed by atoms with E-state index in [0.29, 0.717) is 23.1 Å². The molecule has 0 saturated carbocycles. The van der Waals surface area contributed by atoms with E-state index in [2.05, 4.69) is 0 Å². The van der Waals surface area contributed by atoms with Gasteiger partial charge in [0.25, 0.3) is 11.8 Å². The minimum absolute atomic E-state index is 0.0528. The number of thiophene rings is 1. The molecule has 3 aromatic rings. The number of halogens is 1. The van der Waals surface area contributed by atoms with Gasteiger partial charge in [0.15, 0.2) is 11.6 Å². The fourth-order valence-corrected chi connectivity index (χ4v) is 5.10. The Balaban J connectivity index is 1.36. The number of methoxy groups -OCH3 is 1. The predicted molar refractivity (Wildman–Crippen MR) is 128 cm³/mol. The number of amides is 2. The van der Waals surface area contributed by atoms with Crippen LogP contribution in [0.1, 0.15) is 38.4 Å². The number of ether oxygens (including phenoxy) is 1. The first-order valence-corrected chi connectivity index (χ1v) is 12.0. The van der Waals surface area contributed by atoms with Crippen LogP contribution in [0.2, 0.25) is 0 Å². The maximum atomic E-state index is 14.0. The highest BCUT2D eigenvalue weighted by Crippen LogP contribution is 2.30. The number of carboxylic acid groups (broad SMARTS) is 1. The van der Waals surface area contributed by atoms with E-state index < -0.39 is 35.6 Å². The van der Waals surface area contributed by atoms with Crippen LogP contribution in [0.4, 0.5) is 4.39 Å². The summed E-state index contributed by atoms with van der Waals surface area (Å²) in [7, 11) is 1.40. The molecule has 0 fully saturated rings. The number of rotatable bonds is 10. The minimum atomic E-state index is -1.19. The molecule has 0 unspecified atom stereocenters. The lowest BCUT2D eigenvalue weighted by Crippen LogP contribution is -2.36. The van der Waals surface area contributed by atoms with Gasteiger partial charge in [-0.05, 0) is 66.1 Å².